The predicted molar refractivity (Wildman–Crippen MR) is 188 cm³/mol. The zero-order valence-corrected chi connectivity index (χ0v) is 29.4. The fraction of sp³-hybridized carbons (Fsp3) is 0.697. The van der Waals surface area contributed by atoms with Crippen molar-refractivity contribution in [2.75, 3.05) is 20.3 Å². The Morgan fingerprint density at radius 2 is 1.66 bits per heavy atom. The van der Waals surface area contributed by atoms with E-state index in [0.717, 1.165) is 32.1 Å². The summed E-state index contributed by atoms with van der Waals surface area (Å²) in [7, 11) is 1.80. The highest BCUT2D eigenvalue weighted by Gasteiger charge is 2.48. The summed E-state index contributed by atoms with van der Waals surface area (Å²) >= 11 is 0. The SMILES string of the molecule is C=O.CC(C)(C)O.CC(C)N=C(/C=C\N)C(=O)N[C@H](C(=O)N/C(C=NC[C@@H]1C[C@H](C)N(C)C1=O)=C/N)C(C1CC1)C1CC1.CCF.F.[HH].[HH]. The molecular formula is C33H63F2N7O5. The summed E-state index contributed by atoms with van der Waals surface area (Å²) in [5, 5.41) is 14.3. The number of nitrogens with two attached hydrogens (primary N) is 2. The highest BCUT2D eigenvalue weighted by atomic mass is 19.1. The number of aliphatic hydroxyl groups is 1. The quantitative estimate of drug-likeness (QED) is 0.196. The number of nitrogens with one attached hydrogen (secondary N) is 2. The Morgan fingerprint density at radius 3 is 2.02 bits per heavy atom. The van der Waals surface area contributed by atoms with Crippen LogP contribution < -0.4 is 22.1 Å². The number of nitrogens with zero attached hydrogens (tertiary/aromatic N) is 3. The van der Waals surface area contributed by atoms with Gasteiger partial charge in [-0.3, -0.25) is 33.5 Å². The van der Waals surface area contributed by atoms with Crippen LogP contribution in [-0.4, -0.2) is 90.4 Å². The second-order valence-corrected chi connectivity index (χ2v) is 12.9. The molecule has 1 aliphatic heterocycles. The first kappa shape index (κ1) is 45.4. The van der Waals surface area contributed by atoms with Gasteiger partial charge in [-0.05, 0) is 111 Å². The van der Waals surface area contributed by atoms with Gasteiger partial charge in [0.15, 0.2) is 0 Å². The molecule has 0 unspecified atom stereocenters. The lowest BCUT2D eigenvalue weighted by Crippen LogP contribution is -2.53. The third kappa shape index (κ3) is 18.3. The second-order valence-electron chi connectivity index (χ2n) is 12.9. The van der Waals surface area contributed by atoms with Crippen molar-refractivity contribution in [3.8, 4) is 0 Å². The van der Waals surface area contributed by atoms with Gasteiger partial charge in [-0.15, -0.1) is 0 Å². The summed E-state index contributed by atoms with van der Waals surface area (Å²) in [5.41, 5.74) is 11.3. The van der Waals surface area contributed by atoms with Crippen molar-refractivity contribution < 1.29 is 36.2 Å². The van der Waals surface area contributed by atoms with Gasteiger partial charge in [0, 0.05) is 34.4 Å². The first-order chi connectivity index (χ1) is 21.6. The number of likely N-dealkylation sites (tertiary alicyclic amines) is 1. The van der Waals surface area contributed by atoms with Gasteiger partial charge in [0.2, 0.25) is 11.8 Å². The highest BCUT2D eigenvalue weighted by molar-refractivity contribution is 6.43. The molecule has 1 heterocycles. The maximum atomic E-state index is 13.5. The smallest absolute Gasteiger partial charge is 0.270 e. The van der Waals surface area contributed by atoms with Crippen LogP contribution in [0.4, 0.5) is 9.09 Å². The number of hydrogen-bond donors (Lipinski definition) is 5. The largest absolute Gasteiger partial charge is 0.405 e. The van der Waals surface area contributed by atoms with Crippen LogP contribution in [0.2, 0.25) is 0 Å². The van der Waals surface area contributed by atoms with Crippen LogP contribution in [0.3, 0.4) is 0 Å². The van der Waals surface area contributed by atoms with E-state index in [9.17, 15) is 18.8 Å². The van der Waals surface area contributed by atoms with Crippen molar-refractivity contribution in [3.05, 3.63) is 24.2 Å². The summed E-state index contributed by atoms with van der Waals surface area (Å²) in [6, 6.07) is -0.643. The standard InChI is InChI=1S/C26H41N7O3.C4H10O.C2H5F.CH2O.FH.2H2/c1-15(2)30-21(9-10-27)24(34)32-23(22(17-5-6-17)18-7-8-18)25(35)31-20(12-28)14-29-13-19-11-16(3)33(4)26(19)36;1-4(2,3)5;1-2-3;1-2;;;/h9-10,12,14-19,22-23H,5-8,11,13,27-28H2,1-4H3,(H,31,35)(H,32,34);5H,1-3H3;2H2,1H3;1H2;3*1H/b10-9-,20-12+,29-14?,30-21?;;;;;;/t16-,19-,23-;;;;;;/m0....../s1. The topological polar surface area (TPSA) is 193 Å². The van der Waals surface area contributed by atoms with Crippen LogP contribution in [0.25, 0.3) is 0 Å². The minimum atomic E-state index is -0.727. The molecule has 2 saturated carbocycles. The number of carbonyl (C=O) groups excluding carboxylic acids is 4. The van der Waals surface area contributed by atoms with Crippen LogP contribution >= 0.6 is 0 Å². The Kier molecular flexibility index (Phi) is 22.0. The lowest BCUT2D eigenvalue weighted by molar-refractivity contribution is -0.130. The normalized spacial score (nSPS) is 20.4. The number of carbonyl (C=O) groups is 4. The Bertz CT molecular complexity index is 1080. The third-order valence-electron chi connectivity index (χ3n) is 7.16. The molecule has 3 aliphatic rings. The molecule has 3 rings (SSSR count). The molecule has 0 aromatic heterocycles. The van der Waals surface area contributed by atoms with E-state index < -0.39 is 17.6 Å². The number of amides is 3. The van der Waals surface area contributed by atoms with Gasteiger partial charge >= 0.3 is 0 Å². The molecule has 0 radical (unpaired) electrons. The summed E-state index contributed by atoms with van der Waals surface area (Å²) in [5.74, 6) is 0.0206. The predicted octanol–water partition coefficient (Wildman–Crippen LogP) is 3.30. The van der Waals surface area contributed by atoms with Crippen molar-refractivity contribution in [2.24, 2.45) is 45.1 Å². The maximum Gasteiger partial charge on any atom is 0.270 e. The average Bonchev–Trinajstić information content (AvgIpc) is 3.91. The van der Waals surface area contributed by atoms with Crippen LogP contribution in [0.1, 0.15) is 83.4 Å². The molecule has 1 saturated heterocycles. The summed E-state index contributed by atoms with van der Waals surface area (Å²) < 4.78 is 10.3. The number of alkyl halides is 1. The highest BCUT2D eigenvalue weighted by Crippen LogP contribution is 2.50. The molecular weight excluding hydrogens is 612 g/mol. The first-order valence-electron chi connectivity index (χ1n) is 15.9. The van der Waals surface area contributed by atoms with Crippen molar-refractivity contribution >= 4 is 36.4 Å². The fourth-order valence-corrected chi connectivity index (χ4v) is 4.93. The lowest BCUT2D eigenvalue weighted by Gasteiger charge is -2.27. The van der Waals surface area contributed by atoms with Crippen LogP contribution in [0, 0.1) is 23.7 Å². The van der Waals surface area contributed by atoms with E-state index in [1.54, 1.807) is 32.7 Å². The first-order valence-corrected chi connectivity index (χ1v) is 15.9. The fourth-order valence-electron chi connectivity index (χ4n) is 4.93. The summed E-state index contributed by atoms with van der Waals surface area (Å²) in [6.07, 6.45) is 10.5. The monoisotopic (exact) mass is 675 g/mol. The molecule has 3 amide bonds. The third-order valence-corrected chi connectivity index (χ3v) is 7.16. The number of hydrogen-bond acceptors (Lipinski definition) is 9. The Hall–Kier alpha value is -3.68. The molecule has 3 atom stereocenters. The minimum absolute atomic E-state index is 0. The zero-order valence-electron chi connectivity index (χ0n) is 29.4. The number of rotatable bonds is 12. The minimum Gasteiger partial charge on any atom is -0.405 e. The molecule has 0 spiro atoms. The van der Waals surface area contributed by atoms with Gasteiger partial charge < -0.3 is 36.9 Å². The molecule has 47 heavy (non-hydrogen) atoms. The van der Waals surface area contributed by atoms with Gasteiger partial charge in [0.1, 0.15) is 18.5 Å². The summed E-state index contributed by atoms with van der Waals surface area (Å²) in [6.45, 7) is 14.5. The van der Waals surface area contributed by atoms with E-state index in [2.05, 4.69) is 20.6 Å². The van der Waals surface area contributed by atoms with Gasteiger partial charge in [-0.25, -0.2) is 0 Å². The van der Waals surface area contributed by atoms with E-state index in [4.69, 9.17) is 21.4 Å². The van der Waals surface area contributed by atoms with Gasteiger partial charge in [0.25, 0.3) is 5.91 Å². The van der Waals surface area contributed by atoms with E-state index in [0.29, 0.717) is 24.1 Å². The van der Waals surface area contributed by atoms with Crippen molar-refractivity contribution in [2.45, 2.75) is 104 Å². The van der Waals surface area contributed by atoms with Crippen LogP contribution in [-0.2, 0) is 19.2 Å². The van der Waals surface area contributed by atoms with Crippen LogP contribution in [0.15, 0.2) is 34.2 Å². The Balaban J connectivity index is -0.000000693. The zero-order chi connectivity index (χ0) is 35.6. The van der Waals surface area contributed by atoms with Crippen molar-refractivity contribution in [1.82, 2.24) is 15.5 Å². The molecule has 3 fully saturated rings. The van der Waals surface area contributed by atoms with Crippen molar-refractivity contribution in [1.29, 1.82) is 0 Å². The van der Waals surface area contributed by atoms with Crippen LogP contribution in [0.5, 0.6) is 0 Å². The van der Waals surface area contributed by atoms with Gasteiger partial charge in [0.05, 0.1) is 30.4 Å². The lowest BCUT2D eigenvalue weighted by atomic mass is 9.88. The van der Waals surface area contributed by atoms with E-state index in [-0.39, 0.29) is 55.7 Å². The van der Waals surface area contributed by atoms with Gasteiger partial charge in [-0.1, -0.05) is 0 Å². The summed E-state index contributed by atoms with van der Waals surface area (Å²) in [4.78, 5) is 57.4. The number of halogens is 2. The molecule has 0 aromatic carbocycles. The molecule has 14 heteroatoms. The molecule has 2 aliphatic carbocycles. The average molecular weight is 676 g/mol. The van der Waals surface area contributed by atoms with E-state index in [1.165, 1.54) is 31.6 Å². The number of allylic oxidation sites excluding steroid dienone is 1. The molecule has 7 N–H and O–H groups in total. The molecule has 12 nitrogen and oxygen atoms in total. The molecule has 0 bridgehead atoms. The number of aliphatic imine (C=N–C) groups is 2. The Labute approximate surface area is 282 Å². The Morgan fingerprint density at radius 1 is 1.17 bits per heavy atom. The second kappa shape index (κ2) is 22.8. The van der Waals surface area contributed by atoms with Crippen molar-refractivity contribution in [3.63, 3.8) is 0 Å². The molecule has 0 aromatic rings. The maximum absolute atomic E-state index is 13.5. The van der Waals surface area contributed by atoms with E-state index >= 15 is 0 Å². The van der Waals surface area contributed by atoms with E-state index in [1.807, 2.05) is 27.6 Å². The molecule has 274 valence electrons. The van der Waals surface area contributed by atoms with Gasteiger partial charge in [-0.2, -0.15) is 0 Å².